The molecule has 0 radical (unpaired) electrons. The Morgan fingerprint density at radius 1 is 1.18 bits per heavy atom. The zero-order chi connectivity index (χ0) is 12.1. The average molecular weight is 275 g/mol. The maximum atomic E-state index is 5.94. The second kappa shape index (κ2) is 6.45. The summed E-state index contributed by atoms with van der Waals surface area (Å²) in [5, 5.41) is 4.51. The average Bonchev–Trinajstić information content (AvgIpc) is 2.35. The third-order valence-electron chi connectivity index (χ3n) is 2.78. The van der Waals surface area contributed by atoms with Crippen molar-refractivity contribution in [2.75, 3.05) is 44.7 Å². The van der Waals surface area contributed by atoms with Crippen LogP contribution in [-0.2, 0) is 4.74 Å². The molecule has 5 heteroatoms. The van der Waals surface area contributed by atoms with Crippen LogP contribution in [0.5, 0.6) is 0 Å². The van der Waals surface area contributed by atoms with Gasteiger partial charge in [0, 0.05) is 31.9 Å². The minimum atomic E-state index is 0.586. The zero-order valence-corrected chi connectivity index (χ0v) is 11.1. The van der Waals surface area contributed by atoms with Gasteiger partial charge in [-0.25, -0.2) is 0 Å². The Morgan fingerprint density at radius 2 is 1.94 bits per heavy atom. The van der Waals surface area contributed by atoms with Crippen molar-refractivity contribution in [1.29, 1.82) is 0 Å². The van der Waals surface area contributed by atoms with E-state index < -0.39 is 0 Å². The lowest BCUT2D eigenvalue weighted by Crippen LogP contribution is -2.38. The van der Waals surface area contributed by atoms with Crippen LogP contribution in [-0.4, -0.2) is 44.3 Å². The van der Waals surface area contributed by atoms with Gasteiger partial charge in [0.1, 0.15) is 0 Å². The summed E-state index contributed by atoms with van der Waals surface area (Å²) in [5.41, 5.74) is 1.01. The van der Waals surface area contributed by atoms with Crippen LogP contribution in [0.3, 0.4) is 0 Å². The summed E-state index contributed by atoms with van der Waals surface area (Å²) >= 11 is 11.8. The van der Waals surface area contributed by atoms with E-state index in [0.717, 1.165) is 45.1 Å². The van der Waals surface area contributed by atoms with E-state index in [-0.39, 0.29) is 0 Å². The fourth-order valence-electron chi connectivity index (χ4n) is 1.79. The van der Waals surface area contributed by atoms with Gasteiger partial charge in [0.15, 0.2) is 0 Å². The Morgan fingerprint density at radius 3 is 2.65 bits per heavy atom. The zero-order valence-electron chi connectivity index (χ0n) is 9.59. The highest BCUT2D eigenvalue weighted by atomic mass is 35.5. The highest BCUT2D eigenvalue weighted by Gasteiger charge is 2.09. The quantitative estimate of drug-likeness (QED) is 0.914. The van der Waals surface area contributed by atoms with E-state index in [1.165, 1.54) is 0 Å². The van der Waals surface area contributed by atoms with Gasteiger partial charge in [0.25, 0.3) is 0 Å². The van der Waals surface area contributed by atoms with Gasteiger partial charge in [-0.3, -0.25) is 4.90 Å². The smallest absolute Gasteiger partial charge is 0.0612 e. The lowest BCUT2D eigenvalue weighted by atomic mass is 10.3. The van der Waals surface area contributed by atoms with E-state index in [1.54, 1.807) is 6.07 Å². The molecule has 0 aromatic heterocycles. The molecular weight excluding hydrogens is 259 g/mol. The molecule has 0 unspecified atom stereocenters. The van der Waals surface area contributed by atoms with Gasteiger partial charge in [-0.05, 0) is 18.2 Å². The van der Waals surface area contributed by atoms with Crippen molar-refractivity contribution in [2.24, 2.45) is 0 Å². The number of rotatable bonds is 4. The highest BCUT2D eigenvalue weighted by molar-refractivity contribution is 6.42. The molecule has 3 nitrogen and oxygen atoms in total. The molecule has 1 aliphatic rings. The molecule has 2 rings (SSSR count). The second-order valence-corrected chi connectivity index (χ2v) is 4.82. The van der Waals surface area contributed by atoms with E-state index in [0.29, 0.717) is 10.0 Å². The molecule has 1 aromatic carbocycles. The summed E-state index contributed by atoms with van der Waals surface area (Å²) < 4.78 is 5.30. The molecule has 0 amide bonds. The first-order chi connectivity index (χ1) is 8.25. The molecule has 1 N–H and O–H groups in total. The lowest BCUT2D eigenvalue weighted by Gasteiger charge is -2.26. The van der Waals surface area contributed by atoms with Crippen LogP contribution in [0.25, 0.3) is 0 Å². The number of anilines is 1. The molecule has 1 aliphatic heterocycles. The maximum absolute atomic E-state index is 5.94. The molecule has 17 heavy (non-hydrogen) atoms. The SMILES string of the molecule is Clc1ccc(NCCN2CCOCC2)cc1Cl. The van der Waals surface area contributed by atoms with Crippen molar-refractivity contribution in [1.82, 2.24) is 4.90 Å². The summed E-state index contributed by atoms with van der Waals surface area (Å²) in [7, 11) is 0. The van der Waals surface area contributed by atoms with Gasteiger partial charge in [0.2, 0.25) is 0 Å². The Bertz CT molecular complexity index is 368. The molecule has 1 saturated heterocycles. The van der Waals surface area contributed by atoms with Crippen LogP contribution in [0.1, 0.15) is 0 Å². The number of morpholine rings is 1. The van der Waals surface area contributed by atoms with Crippen molar-refractivity contribution in [3.63, 3.8) is 0 Å². The van der Waals surface area contributed by atoms with Gasteiger partial charge in [0.05, 0.1) is 23.3 Å². The van der Waals surface area contributed by atoms with Gasteiger partial charge in [-0.2, -0.15) is 0 Å². The van der Waals surface area contributed by atoms with Crippen molar-refractivity contribution >= 4 is 28.9 Å². The predicted octanol–water partition coefficient (Wildman–Crippen LogP) is 2.74. The number of hydrogen-bond acceptors (Lipinski definition) is 3. The molecule has 1 fully saturated rings. The third kappa shape index (κ3) is 4.03. The molecule has 1 heterocycles. The Kier molecular flexibility index (Phi) is 4.92. The monoisotopic (exact) mass is 274 g/mol. The third-order valence-corrected chi connectivity index (χ3v) is 3.52. The molecule has 0 bridgehead atoms. The van der Waals surface area contributed by atoms with Crippen LogP contribution in [0, 0.1) is 0 Å². The van der Waals surface area contributed by atoms with Crippen LogP contribution >= 0.6 is 23.2 Å². The maximum Gasteiger partial charge on any atom is 0.0612 e. The first kappa shape index (κ1) is 13.0. The Hall–Kier alpha value is -0.480. The molecule has 0 aliphatic carbocycles. The van der Waals surface area contributed by atoms with Crippen molar-refractivity contribution < 1.29 is 4.74 Å². The summed E-state index contributed by atoms with van der Waals surface area (Å²) in [6.45, 7) is 5.63. The fraction of sp³-hybridized carbons (Fsp3) is 0.500. The van der Waals surface area contributed by atoms with E-state index in [1.807, 2.05) is 12.1 Å². The van der Waals surface area contributed by atoms with Crippen LogP contribution < -0.4 is 5.32 Å². The summed E-state index contributed by atoms with van der Waals surface area (Å²) in [6, 6.07) is 5.59. The molecule has 0 saturated carbocycles. The van der Waals surface area contributed by atoms with Gasteiger partial charge in [-0.15, -0.1) is 0 Å². The normalized spacial score (nSPS) is 17.1. The van der Waals surface area contributed by atoms with Crippen LogP contribution in [0.2, 0.25) is 10.0 Å². The Balaban J connectivity index is 1.75. The fourth-order valence-corrected chi connectivity index (χ4v) is 2.09. The van der Waals surface area contributed by atoms with Crippen molar-refractivity contribution in [2.45, 2.75) is 0 Å². The predicted molar refractivity (Wildman–Crippen MR) is 72.2 cm³/mol. The first-order valence-electron chi connectivity index (χ1n) is 5.75. The van der Waals surface area contributed by atoms with Gasteiger partial charge in [-0.1, -0.05) is 23.2 Å². The van der Waals surface area contributed by atoms with Gasteiger partial charge >= 0.3 is 0 Å². The summed E-state index contributed by atoms with van der Waals surface area (Å²) in [4.78, 5) is 2.38. The molecule has 0 spiro atoms. The van der Waals surface area contributed by atoms with Gasteiger partial charge < -0.3 is 10.1 Å². The lowest BCUT2D eigenvalue weighted by molar-refractivity contribution is 0.0398. The Labute approximate surface area is 112 Å². The van der Waals surface area contributed by atoms with E-state index in [9.17, 15) is 0 Å². The van der Waals surface area contributed by atoms with Crippen LogP contribution in [0.15, 0.2) is 18.2 Å². The molecular formula is C12H16Cl2N2O. The highest BCUT2D eigenvalue weighted by Crippen LogP contribution is 2.24. The number of benzene rings is 1. The number of halogens is 2. The summed E-state index contributed by atoms with van der Waals surface area (Å²) in [5.74, 6) is 0. The van der Waals surface area contributed by atoms with Crippen molar-refractivity contribution in [3.05, 3.63) is 28.2 Å². The second-order valence-electron chi connectivity index (χ2n) is 4.01. The largest absolute Gasteiger partial charge is 0.384 e. The number of ether oxygens (including phenoxy) is 1. The van der Waals surface area contributed by atoms with Crippen molar-refractivity contribution in [3.8, 4) is 0 Å². The minimum absolute atomic E-state index is 0.586. The molecule has 94 valence electrons. The number of hydrogen-bond donors (Lipinski definition) is 1. The topological polar surface area (TPSA) is 24.5 Å². The van der Waals surface area contributed by atoms with E-state index in [4.69, 9.17) is 27.9 Å². The van der Waals surface area contributed by atoms with E-state index >= 15 is 0 Å². The minimum Gasteiger partial charge on any atom is -0.384 e. The van der Waals surface area contributed by atoms with E-state index in [2.05, 4.69) is 10.2 Å². The first-order valence-corrected chi connectivity index (χ1v) is 6.50. The van der Waals surface area contributed by atoms with Crippen LogP contribution in [0.4, 0.5) is 5.69 Å². The summed E-state index contributed by atoms with van der Waals surface area (Å²) in [6.07, 6.45) is 0. The standard InChI is InChI=1S/C12H16Cl2N2O/c13-11-2-1-10(9-12(11)14)15-3-4-16-5-7-17-8-6-16/h1-2,9,15H,3-8H2. The number of nitrogens with one attached hydrogen (secondary N) is 1. The number of nitrogens with zero attached hydrogens (tertiary/aromatic N) is 1. The molecule has 1 aromatic rings. The molecule has 0 atom stereocenters.